The molecule has 1 aromatic carbocycles. The summed E-state index contributed by atoms with van der Waals surface area (Å²) in [6.07, 6.45) is 1.57. The summed E-state index contributed by atoms with van der Waals surface area (Å²) in [5, 5.41) is 18.5. The Morgan fingerprint density at radius 1 is 1.47 bits per heavy atom. The van der Waals surface area contributed by atoms with Crippen molar-refractivity contribution in [3.8, 4) is 5.75 Å². The summed E-state index contributed by atoms with van der Waals surface area (Å²) in [5.41, 5.74) is 0.111. The van der Waals surface area contributed by atoms with Gasteiger partial charge in [0.15, 0.2) is 0 Å². The molecule has 0 atom stereocenters. The highest BCUT2D eigenvalue weighted by Crippen LogP contribution is 2.20. The molecule has 0 saturated carbocycles. The number of aromatic hydroxyl groups is 1. The fourth-order valence-corrected chi connectivity index (χ4v) is 1.29. The van der Waals surface area contributed by atoms with Gasteiger partial charge in [-0.2, -0.15) is 0 Å². The van der Waals surface area contributed by atoms with Gasteiger partial charge in [-0.15, -0.1) is 0 Å². The van der Waals surface area contributed by atoms with E-state index in [2.05, 4.69) is 20.9 Å². The Hall–Kier alpha value is -0.870. The lowest BCUT2D eigenvalue weighted by atomic mass is 10.1. The Kier molecular flexibility index (Phi) is 3.88. The molecule has 0 aliphatic heterocycles. The first-order chi connectivity index (χ1) is 6.94. The summed E-state index contributed by atoms with van der Waals surface area (Å²) in [6, 6.07) is 5.12. The monoisotopic (exact) mass is 271 g/mol. The van der Waals surface area contributed by atoms with E-state index in [-0.39, 0.29) is 12.4 Å². The molecule has 0 radical (unpaired) electrons. The number of benzene rings is 1. The molecule has 82 valence electrons. The minimum atomic E-state index is -0.519. The van der Waals surface area contributed by atoms with Crippen LogP contribution in [0.2, 0.25) is 0 Å². The van der Waals surface area contributed by atoms with Crippen LogP contribution in [0, 0.1) is 0 Å². The molecule has 3 nitrogen and oxygen atoms in total. The minimum Gasteiger partial charge on any atom is -0.507 e. The van der Waals surface area contributed by atoms with Crippen LogP contribution < -0.4 is 0 Å². The van der Waals surface area contributed by atoms with Crippen LogP contribution in [0.1, 0.15) is 19.4 Å². The van der Waals surface area contributed by atoms with E-state index in [9.17, 15) is 5.11 Å². The van der Waals surface area contributed by atoms with Gasteiger partial charge >= 0.3 is 0 Å². The van der Waals surface area contributed by atoms with Gasteiger partial charge in [-0.05, 0) is 32.0 Å². The Morgan fingerprint density at radius 2 is 2.13 bits per heavy atom. The highest BCUT2D eigenvalue weighted by molar-refractivity contribution is 9.10. The predicted molar refractivity (Wildman–Crippen MR) is 64.6 cm³/mol. The molecule has 0 aromatic heterocycles. The number of hydrogen-bond donors (Lipinski definition) is 2. The number of hydrogen-bond acceptors (Lipinski definition) is 3. The lowest BCUT2D eigenvalue weighted by molar-refractivity contribution is 0.223. The number of aliphatic hydroxyl groups is 1. The van der Waals surface area contributed by atoms with Gasteiger partial charge in [0.25, 0.3) is 0 Å². The zero-order valence-corrected chi connectivity index (χ0v) is 10.3. The molecular weight excluding hydrogens is 258 g/mol. The molecular formula is C11H14BrNO2. The number of aliphatic imine (C=N–C) groups is 1. The van der Waals surface area contributed by atoms with Crippen molar-refractivity contribution in [3.63, 3.8) is 0 Å². The van der Waals surface area contributed by atoms with Gasteiger partial charge in [0.1, 0.15) is 5.75 Å². The second kappa shape index (κ2) is 4.77. The number of nitrogens with zero attached hydrogens (tertiary/aromatic N) is 1. The summed E-state index contributed by atoms with van der Waals surface area (Å²) < 4.78 is 0.878. The first-order valence-corrected chi connectivity index (χ1v) is 5.38. The maximum Gasteiger partial charge on any atom is 0.124 e. The topological polar surface area (TPSA) is 52.8 Å². The average molecular weight is 272 g/mol. The zero-order valence-electron chi connectivity index (χ0n) is 8.74. The van der Waals surface area contributed by atoms with E-state index in [4.69, 9.17) is 5.11 Å². The number of halogens is 1. The molecule has 0 aliphatic carbocycles. The molecule has 0 heterocycles. The molecule has 1 rings (SSSR count). The van der Waals surface area contributed by atoms with Crippen LogP contribution in [-0.2, 0) is 0 Å². The van der Waals surface area contributed by atoms with Crippen molar-refractivity contribution < 1.29 is 10.2 Å². The molecule has 0 spiro atoms. The third-order valence-corrected chi connectivity index (χ3v) is 2.42. The van der Waals surface area contributed by atoms with Crippen LogP contribution in [0.3, 0.4) is 0 Å². The summed E-state index contributed by atoms with van der Waals surface area (Å²) in [5.74, 6) is 0.177. The number of phenols is 1. The minimum absolute atomic E-state index is 0.0295. The molecule has 2 N–H and O–H groups in total. The molecule has 15 heavy (non-hydrogen) atoms. The zero-order chi connectivity index (χ0) is 11.5. The van der Waals surface area contributed by atoms with Crippen LogP contribution >= 0.6 is 15.9 Å². The summed E-state index contributed by atoms with van der Waals surface area (Å²) in [6.45, 7) is 3.61. The molecule has 0 bridgehead atoms. The van der Waals surface area contributed by atoms with Crippen LogP contribution in [-0.4, -0.2) is 28.6 Å². The van der Waals surface area contributed by atoms with Crippen molar-refractivity contribution in [1.82, 2.24) is 0 Å². The fourth-order valence-electron chi connectivity index (χ4n) is 0.914. The van der Waals surface area contributed by atoms with Crippen molar-refractivity contribution >= 4 is 22.1 Å². The van der Waals surface area contributed by atoms with E-state index in [1.807, 2.05) is 13.8 Å². The van der Waals surface area contributed by atoms with E-state index in [0.717, 1.165) is 4.47 Å². The number of phenolic OH excluding ortho intramolecular Hbond substituents is 1. The van der Waals surface area contributed by atoms with E-state index < -0.39 is 5.54 Å². The van der Waals surface area contributed by atoms with Gasteiger partial charge in [-0.1, -0.05) is 15.9 Å². The Labute approximate surface area is 97.6 Å². The van der Waals surface area contributed by atoms with Gasteiger partial charge in [-0.3, -0.25) is 4.99 Å². The third kappa shape index (κ3) is 3.64. The molecule has 0 saturated heterocycles. The van der Waals surface area contributed by atoms with Gasteiger partial charge in [0.05, 0.1) is 12.1 Å². The second-order valence-corrected chi connectivity index (χ2v) is 4.85. The SMILES string of the molecule is CC(C)(CO)/N=C/c1cc(Br)ccc1O. The fraction of sp³-hybridized carbons (Fsp3) is 0.364. The Morgan fingerprint density at radius 3 is 2.73 bits per heavy atom. The quantitative estimate of drug-likeness (QED) is 0.830. The molecule has 0 amide bonds. The largest absolute Gasteiger partial charge is 0.507 e. The molecule has 0 aliphatic rings. The molecule has 1 aromatic rings. The van der Waals surface area contributed by atoms with Gasteiger partial charge in [0.2, 0.25) is 0 Å². The van der Waals surface area contributed by atoms with Crippen molar-refractivity contribution in [3.05, 3.63) is 28.2 Å². The molecule has 0 fully saturated rings. The standard InChI is InChI=1S/C11H14BrNO2/c1-11(2,7-14)13-6-8-5-9(12)3-4-10(8)15/h3-6,14-15H,7H2,1-2H3/b13-6+. The first kappa shape index (κ1) is 12.2. The van der Waals surface area contributed by atoms with E-state index in [1.54, 1.807) is 24.4 Å². The van der Waals surface area contributed by atoms with Crippen molar-refractivity contribution in [2.45, 2.75) is 19.4 Å². The average Bonchev–Trinajstić information content (AvgIpc) is 2.20. The Bertz CT molecular complexity index is 375. The summed E-state index contributed by atoms with van der Waals surface area (Å²) in [4.78, 5) is 4.19. The number of aliphatic hydroxyl groups excluding tert-OH is 1. The maximum absolute atomic E-state index is 9.53. The maximum atomic E-state index is 9.53. The number of rotatable bonds is 3. The van der Waals surface area contributed by atoms with Crippen molar-refractivity contribution in [1.29, 1.82) is 0 Å². The van der Waals surface area contributed by atoms with Gasteiger partial charge in [0, 0.05) is 16.3 Å². The normalized spacial score (nSPS) is 12.3. The first-order valence-electron chi connectivity index (χ1n) is 4.59. The lowest BCUT2D eigenvalue weighted by Gasteiger charge is -2.15. The van der Waals surface area contributed by atoms with Crippen LogP contribution in [0.25, 0.3) is 0 Å². The molecule has 0 unspecified atom stereocenters. The van der Waals surface area contributed by atoms with Gasteiger partial charge < -0.3 is 10.2 Å². The second-order valence-electron chi connectivity index (χ2n) is 3.93. The third-order valence-electron chi connectivity index (χ3n) is 1.93. The van der Waals surface area contributed by atoms with E-state index in [0.29, 0.717) is 5.56 Å². The van der Waals surface area contributed by atoms with Crippen molar-refractivity contribution in [2.75, 3.05) is 6.61 Å². The highest BCUT2D eigenvalue weighted by Gasteiger charge is 2.12. The smallest absolute Gasteiger partial charge is 0.124 e. The highest BCUT2D eigenvalue weighted by atomic mass is 79.9. The lowest BCUT2D eigenvalue weighted by Crippen LogP contribution is -2.21. The van der Waals surface area contributed by atoms with Crippen LogP contribution in [0.15, 0.2) is 27.7 Å². The summed E-state index contributed by atoms with van der Waals surface area (Å²) >= 11 is 3.31. The van der Waals surface area contributed by atoms with Gasteiger partial charge in [-0.25, -0.2) is 0 Å². The predicted octanol–water partition coefficient (Wildman–Crippen LogP) is 2.34. The van der Waals surface area contributed by atoms with Crippen molar-refractivity contribution in [2.24, 2.45) is 4.99 Å². The van der Waals surface area contributed by atoms with E-state index in [1.165, 1.54) is 0 Å². The van der Waals surface area contributed by atoms with Crippen LogP contribution in [0.5, 0.6) is 5.75 Å². The van der Waals surface area contributed by atoms with E-state index >= 15 is 0 Å². The molecule has 4 heteroatoms. The Balaban J connectivity index is 2.94. The van der Waals surface area contributed by atoms with Crippen LogP contribution in [0.4, 0.5) is 0 Å². The summed E-state index contributed by atoms with van der Waals surface area (Å²) in [7, 11) is 0.